The summed E-state index contributed by atoms with van der Waals surface area (Å²) in [6.45, 7) is 1.02. The molecule has 10 heteroatoms. The van der Waals surface area contributed by atoms with Crippen LogP contribution in [-0.4, -0.2) is 37.0 Å². The molecule has 4 rings (SSSR count). The number of anilines is 1. The topological polar surface area (TPSA) is 56.6 Å². The SMILES string of the molecule is COc1cc(C(=O)N2CC[C@H](N(Cc3cc(F)c(Cl)cc3Cl)c3ccc(C#N)c(Cl)c3)C2)ccc1F. The third kappa shape index (κ3) is 5.36. The van der Waals surface area contributed by atoms with E-state index in [0.717, 1.165) is 0 Å². The van der Waals surface area contributed by atoms with Crippen molar-refractivity contribution in [3.05, 3.63) is 91.9 Å². The normalized spacial score (nSPS) is 15.0. The van der Waals surface area contributed by atoms with E-state index in [-0.39, 0.29) is 34.3 Å². The Hall–Kier alpha value is -3.05. The van der Waals surface area contributed by atoms with Gasteiger partial charge in [-0.2, -0.15) is 5.26 Å². The summed E-state index contributed by atoms with van der Waals surface area (Å²) in [5.74, 6) is -1.42. The van der Waals surface area contributed by atoms with Crippen LogP contribution in [0.2, 0.25) is 15.1 Å². The molecule has 1 aliphatic heterocycles. The smallest absolute Gasteiger partial charge is 0.254 e. The van der Waals surface area contributed by atoms with E-state index in [0.29, 0.717) is 46.9 Å². The minimum Gasteiger partial charge on any atom is -0.494 e. The van der Waals surface area contributed by atoms with Crippen LogP contribution in [0.3, 0.4) is 0 Å². The molecule has 5 nitrogen and oxygen atoms in total. The lowest BCUT2D eigenvalue weighted by Gasteiger charge is -2.32. The summed E-state index contributed by atoms with van der Waals surface area (Å²) in [5, 5.41) is 9.75. The molecule has 1 fully saturated rings. The highest BCUT2D eigenvalue weighted by Crippen LogP contribution is 2.33. The second-order valence-corrected chi connectivity index (χ2v) is 9.53. The van der Waals surface area contributed by atoms with Crippen molar-refractivity contribution in [2.45, 2.75) is 19.0 Å². The number of hydrogen-bond acceptors (Lipinski definition) is 4. The van der Waals surface area contributed by atoms with Crippen LogP contribution in [0.15, 0.2) is 48.5 Å². The van der Waals surface area contributed by atoms with Gasteiger partial charge in [0.15, 0.2) is 11.6 Å². The van der Waals surface area contributed by atoms with E-state index in [2.05, 4.69) is 0 Å². The van der Waals surface area contributed by atoms with Crippen molar-refractivity contribution in [2.75, 3.05) is 25.1 Å². The van der Waals surface area contributed by atoms with Crippen LogP contribution in [0.4, 0.5) is 14.5 Å². The quantitative estimate of drug-likeness (QED) is 0.320. The molecule has 0 aromatic heterocycles. The van der Waals surface area contributed by atoms with Crippen LogP contribution >= 0.6 is 34.8 Å². The molecule has 36 heavy (non-hydrogen) atoms. The van der Waals surface area contributed by atoms with Crippen LogP contribution in [-0.2, 0) is 6.54 Å². The van der Waals surface area contributed by atoms with E-state index in [1.807, 2.05) is 11.0 Å². The molecule has 1 heterocycles. The maximum absolute atomic E-state index is 14.2. The summed E-state index contributed by atoms with van der Waals surface area (Å²) in [6, 6.07) is 13.5. The Morgan fingerprint density at radius 1 is 1.08 bits per heavy atom. The number of hydrogen-bond donors (Lipinski definition) is 0. The number of likely N-dealkylation sites (tertiary alicyclic amines) is 1. The number of nitrogens with zero attached hydrogens (tertiary/aromatic N) is 3. The Bertz CT molecular complexity index is 1360. The van der Waals surface area contributed by atoms with E-state index in [1.165, 1.54) is 37.4 Å². The van der Waals surface area contributed by atoms with Crippen molar-refractivity contribution in [1.82, 2.24) is 4.90 Å². The lowest BCUT2D eigenvalue weighted by molar-refractivity contribution is 0.0790. The van der Waals surface area contributed by atoms with Gasteiger partial charge in [0.05, 0.1) is 22.7 Å². The average Bonchev–Trinajstić information content (AvgIpc) is 3.35. The van der Waals surface area contributed by atoms with Gasteiger partial charge in [0.2, 0.25) is 0 Å². The second kappa shape index (κ2) is 10.9. The fourth-order valence-corrected chi connectivity index (χ4v) is 4.89. The average molecular weight is 551 g/mol. The zero-order valence-electron chi connectivity index (χ0n) is 19.1. The highest BCUT2D eigenvalue weighted by Gasteiger charge is 2.32. The molecule has 1 atom stereocenters. The third-order valence-corrected chi connectivity index (χ3v) is 7.08. The Morgan fingerprint density at radius 3 is 2.56 bits per heavy atom. The molecule has 0 unspecified atom stereocenters. The van der Waals surface area contributed by atoms with E-state index in [4.69, 9.17) is 39.5 Å². The first-order valence-electron chi connectivity index (χ1n) is 10.9. The maximum Gasteiger partial charge on any atom is 0.254 e. The Balaban J connectivity index is 1.64. The summed E-state index contributed by atoms with van der Waals surface area (Å²) >= 11 is 18.5. The van der Waals surface area contributed by atoms with Gasteiger partial charge in [-0.05, 0) is 60.5 Å². The van der Waals surface area contributed by atoms with Crippen LogP contribution < -0.4 is 9.64 Å². The van der Waals surface area contributed by atoms with Gasteiger partial charge in [0.1, 0.15) is 11.9 Å². The lowest BCUT2D eigenvalue weighted by atomic mass is 10.1. The molecule has 0 N–H and O–H groups in total. The molecule has 0 spiro atoms. The molecule has 1 saturated heterocycles. The number of nitriles is 1. The zero-order chi connectivity index (χ0) is 26.0. The molecule has 3 aromatic rings. The third-order valence-electron chi connectivity index (χ3n) is 6.12. The van der Waals surface area contributed by atoms with Crippen molar-refractivity contribution in [2.24, 2.45) is 0 Å². The molecule has 3 aromatic carbocycles. The first kappa shape index (κ1) is 26.0. The van der Waals surface area contributed by atoms with Crippen LogP contribution in [0.5, 0.6) is 5.75 Å². The summed E-state index contributed by atoms with van der Waals surface area (Å²) in [6.07, 6.45) is 0.607. The van der Waals surface area contributed by atoms with Crippen LogP contribution in [0, 0.1) is 23.0 Å². The van der Waals surface area contributed by atoms with Crippen LogP contribution in [0.1, 0.15) is 27.9 Å². The number of benzene rings is 3. The number of amides is 1. The fourth-order valence-electron chi connectivity index (χ4n) is 4.23. The summed E-state index contributed by atoms with van der Waals surface area (Å²) in [4.78, 5) is 16.8. The van der Waals surface area contributed by atoms with E-state index >= 15 is 0 Å². The molecule has 0 aliphatic carbocycles. The summed E-state index contributed by atoms with van der Waals surface area (Å²) < 4.78 is 33.1. The maximum atomic E-state index is 14.2. The van der Waals surface area contributed by atoms with Gasteiger partial charge in [0, 0.05) is 41.9 Å². The Morgan fingerprint density at radius 2 is 1.86 bits per heavy atom. The molecule has 0 saturated carbocycles. The van der Waals surface area contributed by atoms with Gasteiger partial charge in [-0.25, -0.2) is 8.78 Å². The molecule has 1 aliphatic rings. The number of ether oxygens (including phenoxy) is 1. The monoisotopic (exact) mass is 549 g/mol. The lowest BCUT2D eigenvalue weighted by Crippen LogP contribution is -2.38. The van der Waals surface area contributed by atoms with Crippen molar-refractivity contribution >= 4 is 46.4 Å². The first-order chi connectivity index (χ1) is 17.2. The summed E-state index contributed by atoms with van der Waals surface area (Å²) in [5.41, 5.74) is 1.83. The number of carbonyl (C=O) groups excluding carboxylic acids is 1. The highest BCUT2D eigenvalue weighted by molar-refractivity contribution is 6.35. The second-order valence-electron chi connectivity index (χ2n) is 8.30. The Kier molecular flexibility index (Phi) is 7.89. The van der Waals surface area contributed by atoms with Crippen molar-refractivity contribution in [3.8, 4) is 11.8 Å². The minimum atomic E-state index is -0.595. The molecule has 1 amide bonds. The van der Waals surface area contributed by atoms with Crippen LogP contribution in [0.25, 0.3) is 0 Å². The van der Waals surface area contributed by atoms with E-state index in [1.54, 1.807) is 23.1 Å². The highest BCUT2D eigenvalue weighted by atomic mass is 35.5. The fraction of sp³-hybridized carbons (Fsp3) is 0.231. The predicted octanol–water partition coefficient (Wildman–Crippen LogP) is 6.73. The summed E-state index contributed by atoms with van der Waals surface area (Å²) in [7, 11) is 1.34. The number of methoxy groups -OCH3 is 1. The van der Waals surface area contributed by atoms with Crippen molar-refractivity contribution in [3.63, 3.8) is 0 Å². The van der Waals surface area contributed by atoms with Gasteiger partial charge >= 0.3 is 0 Å². The van der Waals surface area contributed by atoms with E-state index in [9.17, 15) is 18.8 Å². The Labute approximate surface area is 222 Å². The molecular weight excluding hydrogens is 531 g/mol. The van der Waals surface area contributed by atoms with E-state index < -0.39 is 11.6 Å². The molecule has 186 valence electrons. The van der Waals surface area contributed by atoms with Crippen molar-refractivity contribution < 1.29 is 18.3 Å². The van der Waals surface area contributed by atoms with Gasteiger partial charge in [-0.15, -0.1) is 0 Å². The number of rotatable bonds is 6. The predicted molar refractivity (Wildman–Crippen MR) is 136 cm³/mol. The number of carbonyl (C=O) groups is 1. The first-order valence-corrected chi connectivity index (χ1v) is 12.1. The van der Waals surface area contributed by atoms with Gasteiger partial charge in [-0.3, -0.25) is 4.79 Å². The molecular formula is C26H20Cl3F2N3O2. The van der Waals surface area contributed by atoms with Crippen molar-refractivity contribution in [1.29, 1.82) is 5.26 Å². The zero-order valence-corrected chi connectivity index (χ0v) is 21.3. The standard InChI is InChI=1S/C26H20Cl3F2N3O2/c1-36-25-9-15(3-5-23(25)30)26(35)33-7-6-19(14-33)34(18-4-2-16(12-32)20(27)10-18)13-17-8-24(31)22(29)11-21(17)28/h2-5,8-11,19H,6-7,13-14H2,1H3/t19-/m0/s1. The minimum absolute atomic E-state index is 0.00939. The van der Waals surface area contributed by atoms with Gasteiger partial charge in [0.25, 0.3) is 5.91 Å². The molecule has 0 radical (unpaired) electrons. The number of halogens is 5. The largest absolute Gasteiger partial charge is 0.494 e. The van der Waals surface area contributed by atoms with Gasteiger partial charge < -0.3 is 14.5 Å². The molecule has 0 bridgehead atoms. The van der Waals surface area contributed by atoms with Gasteiger partial charge in [-0.1, -0.05) is 34.8 Å².